The van der Waals surface area contributed by atoms with Crippen LogP contribution in [0.4, 0.5) is 0 Å². The molecule has 5 aliphatic rings. The van der Waals surface area contributed by atoms with Crippen molar-refractivity contribution in [1.29, 1.82) is 0 Å². The van der Waals surface area contributed by atoms with Crippen molar-refractivity contribution in [1.82, 2.24) is 4.90 Å². The number of aliphatic hydroxyl groups excluding tert-OH is 1. The Morgan fingerprint density at radius 3 is 2.88 bits per heavy atom. The molecule has 3 aliphatic carbocycles. The predicted octanol–water partition coefficient (Wildman–Crippen LogP) is 1.81. The lowest BCUT2D eigenvalue weighted by Crippen LogP contribution is -2.48. The van der Waals surface area contributed by atoms with E-state index in [1.807, 2.05) is 0 Å². The first kappa shape index (κ1) is 17.0. The van der Waals surface area contributed by atoms with E-state index in [1.54, 1.807) is 0 Å². The summed E-state index contributed by atoms with van der Waals surface area (Å²) < 4.78 is 17.3. The minimum Gasteiger partial charge on any atom is -0.389 e. The third kappa shape index (κ3) is 3.06. The number of rotatable bonds is 6. The second-order valence-corrected chi connectivity index (χ2v) is 8.58. The highest BCUT2D eigenvalue weighted by Gasteiger charge is 2.51. The van der Waals surface area contributed by atoms with Gasteiger partial charge in [0.25, 0.3) is 0 Å². The fraction of sp³-hybridized carbons (Fsp3) is 0.895. The van der Waals surface area contributed by atoms with Gasteiger partial charge in [-0.2, -0.15) is 0 Å². The zero-order valence-electron chi connectivity index (χ0n) is 15.0. The van der Waals surface area contributed by atoms with Crippen LogP contribution in [0.15, 0.2) is 11.6 Å². The first-order valence-electron chi connectivity index (χ1n) is 9.43. The number of ether oxygens (including phenoxy) is 3. The molecule has 5 heteroatoms. The summed E-state index contributed by atoms with van der Waals surface area (Å²) in [6.45, 7) is 9.51. The van der Waals surface area contributed by atoms with Gasteiger partial charge in [0.1, 0.15) is 0 Å². The van der Waals surface area contributed by atoms with E-state index in [4.69, 9.17) is 14.2 Å². The number of aliphatic hydroxyl groups is 1. The third-order valence-electron chi connectivity index (χ3n) is 6.72. The van der Waals surface area contributed by atoms with Gasteiger partial charge in [0.2, 0.25) is 0 Å². The monoisotopic (exact) mass is 337 g/mol. The molecule has 5 rings (SSSR count). The molecule has 2 aliphatic heterocycles. The largest absolute Gasteiger partial charge is 0.389 e. The SMILES string of the molecule is CC1(C)[C@H]2CC=C(COC[C@@H](O)CN3CCC4(C3)OCCO4)[C@H]1C2. The fourth-order valence-corrected chi connectivity index (χ4v) is 5.02. The van der Waals surface area contributed by atoms with Crippen LogP contribution in [-0.4, -0.2) is 68.0 Å². The van der Waals surface area contributed by atoms with E-state index in [1.165, 1.54) is 18.4 Å². The molecule has 3 fully saturated rings. The van der Waals surface area contributed by atoms with Crippen LogP contribution in [0.2, 0.25) is 0 Å². The number of allylic oxidation sites excluding steroid dienone is 1. The van der Waals surface area contributed by atoms with E-state index in [-0.39, 0.29) is 0 Å². The van der Waals surface area contributed by atoms with Gasteiger partial charge in [-0.1, -0.05) is 19.9 Å². The summed E-state index contributed by atoms with van der Waals surface area (Å²) in [4.78, 5) is 2.22. The highest BCUT2D eigenvalue weighted by Crippen LogP contribution is 2.59. The van der Waals surface area contributed by atoms with Crippen molar-refractivity contribution >= 4 is 0 Å². The van der Waals surface area contributed by atoms with Gasteiger partial charge < -0.3 is 19.3 Å². The summed E-state index contributed by atoms with van der Waals surface area (Å²) in [5.74, 6) is 1.14. The molecule has 0 aromatic heterocycles. The van der Waals surface area contributed by atoms with Gasteiger partial charge in [-0.05, 0) is 35.7 Å². The molecular formula is C19H31NO4. The Kier molecular flexibility index (Phi) is 4.50. The van der Waals surface area contributed by atoms with Crippen LogP contribution < -0.4 is 0 Å². The topological polar surface area (TPSA) is 51.2 Å². The zero-order chi connectivity index (χ0) is 16.8. The Bertz CT molecular complexity index is 498. The minimum atomic E-state index is -0.451. The molecule has 24 heavy (non-hydrogen) atoms. The smallest absolute Gasteiger partial charge is 0.182 e. The highest BCUT2D eigenvalue weighted by molar-refractivity contribution is 5.23. The second-order valence-electron chi connectivity index (χ2n) is 8.58. The Hall–Kier alpha value is -0.460. The van der Waals surface area contributed by atoms with Crippen LogP contribution in [0.5, 0.6) is 0 Å². The van der Waals surface area contributed by atoms with Crippen molar-refractivity contribution in [2.75, 3.05) is 46.1 Å². The van der Waals surface area contributed by atoms with Crippen LogP contribution in [0.1, 0.15) is 33.1 Å². The van der Waals surface area contributed by atoms with E-state index in [2.05, 4.69) is 24.8 Å². The molecule has 0 amide bonds. The van der Waals surface area contributed by atoms with Crippen LogP contribution in [-0.2, 0) is 14.2 Å². The summed E-state index contributed by atoms with van der Waals surface area (Å²) in [5.41, 5.74) is 1.89. The zero-order valence-corrected chi connectivity index (χ0v) is 15.0. The molecular weight excluding hydrogens is 306 g/mol. The maximum absolute atomic E-state index is 10.3. The maximum Gasteiger partial charge on any atom is 0.182 e. The number of likely N-dealkylation sites (tertiary alicyclic amines) is 1. The summed E-state index contributed by atoms with van der Waals surface area (Å²) in [7, 11) is 0. The predicted molar refractivity (Wildman–Crippen MR) is 90.6 cm³/mol. The summed E-state index contributed by atoms with van der Waals surface area (Å²) in [5, 5.41) is 10.3. The maximum atomic E-state index is 10.3. The molecule has 1 spiro atoms. The van der Waals surface area contributed by atoms with Crippen molar-refractivity contribution < 1.29 is 19.3 Å². The molecule has 0 radical (unpaired) electrons. The molecule has 1 N–H and O–H groups in total. The van der Waals surface area contributed by atoms with Crippen LogP contribution in [0.25, 0.3) is 0 Å². The Balaban J connectivity index is 1.18. The fourth-order valence-electron chi connectivity index (χ4n) is 5.02. The van der Waals surface area contributed by atoms with Crippen molar-refractivity contribution in [2.24, 2.45) is 17.3 Å². The Morgan fingerprint density at radius 1 is 1.38 bits per heavy atom. The van der Waals surface area contributed by atoms with E-state index in [0.29, 0.717) is 44.3 Å². The lowest BCUT2D eigenvalue weighted by Gasteiger charge is -2.56. The molecule has 136 valence electrons. The third-order valence-corrected chi connectivity index (χ3v) is 6.72. The van der Waals surface area contributed by atoms with Crippen LogP contribution in [0.3, 0.4) is 0 Å². The first-order valence-corrected chi connectivity index (χ1v) is 9.43. The average molecular weight is 337 g/mol. The van der Waals surface area contributed by atoms with Crippen LogP contribution in [0, 0.1) is 17.3 Å². The summed E-state index contributed by atoms with van der Waals surface area (Å²) in [6.07, 6.45) is 5.33. The van der Waals surface area contributed by atoms with E-state index in [9.17, 15) is 5.11 Å². The Morgan fingerprint density at radius 2 is 2.17 bits per heavy atom. The van der Waals surface area contributed by atoms with Gasteiger partial charge in [-0.15, -0.1) is 0 Å². The van der Waals surface area contributed by atoms with Gasteiger partial charge in [0, 0.05) is 19.5 Å². The molecule has 5 nitrogen and oxygen atoms in total. The molecule has 0 aromatic carbocycles. The minimum absolute atomic E-state index is 0.402. The Labute approximate surface area is 144 Å². The van der Waals surface area contributed by atoms with Crippen molar-refractivity contribution in [2.45, 2.75) is 45.0 Å². The molecule has 1 saturated carbocycles. The van der Waals surface area contributed by atoms with E-state index in [0.717, 1.165) is 25.4 Å². The standard InChI is InChI=1S/C19H31NO4/c1-18(2)15-4-3-14(17(18)9-15)11-22-12-16(21)10-20-6-5-19(13-20)23-7-8-24-19/h3,15-17,21H,4-13H2,1-2H3/t15-,16-,17+/m0/s1. The average Bonchev–Trinajstić information content (AvgIpc) is 3.17. The number of fused-ring (bicyclic) bond motifs is 1. The van der Waals surface area contributed by atoms with Crippen molar-refractivity contribution in [3.05, 3.63) is 11.6 Å². The van der Waals surface area contributed by atoms with E-state index >= 15 is 0 Å². The molecule has 2 heterocycles. The highest BCUT2D eigenvalue weighted by atomic mass is 16.7. The number of β-amino-alcohol motifs (C(OH)–C–C–N with tert-alkyl or cyclic N) is 1. The van der Waals surface area contributed by atoms with Gasteiger partial charge in [-0.25, -0.2) is 0 Å². The molecule has 0 unspecified atom stereocenters. The number of hydrogen-bond donors (Lipinski definition) is 1. The molecule has 2 saturated heterocycles. The summed E-state index contributed by atoms with van der Waals surface area (Å²) in [6, 6.07) is 0. The summed E-state index contributed by atoms with van der Waals surface area (Å²) >= 11 is 0. The quantitative estimate of drug-likeness (QED) is 0.749. The second kappa shape index (κ2) is 6.36. The van der Waals surface area contributed by atoms with Crippen LogP contribution >= 0.6 is 0 Å². The first-order chi connectivity index (χ1) is 11.5. The lowest BCUT2D eigenvalue weighted by molar-refractivity contribution is -0.146. The van der Waals surface area contributed by atoms with Gasteiger partial charge in [0.05, 0.1) is 39.1 Å². The van der Waals surface area contributed by atoms with Gasteiger partial charge in [-0.3, -0.25) is 4.90 Å². The number of hydrogen-bond acceptors (Lipinski definition) is 5. The molecule has 2 bridgehead atoms. The lowest BCUT2D eigenvalue weighted by atomic mass is 9.49. The normalized spacial score (nSPS) is 35.0. The van der Waals surface area contributed by atoms with Gasteiger partial charge in [0.15, 0.2) is 5.79 Å². The van der Waals surface area contributed by atoms with Crippen molar-refractivity contribution in [3.63, 3.8) is 0 Å². The molecule has 3 atom stereocenters. The number of nitrogens with zero attached hydrogens (tertiary/aromatic N) is 1. The van der Waals surface area contributed by atoms with Crippen molar-refractivity contribution in [3.8, 4) is 0 Å². The van der Waals surface area contributed by atoms with Gasteiger partial charge >= 0.3 is 0 Å². The van der Waals surface area contributed by atoms with E-state index < -0.39 is 11.9 Å². The molecule has 0 aromatic rings.